The molecule has 0 fully saturated rings. The highest BCUT2D eigenvalue weighted by Gasteiger charge is 2.10. The van der Waals surface area contributed by atoms with Crippen molar-refractivity contribution >= 4 is 16.9 Å². The van der Waals surface area contributed by atoms with E-state index in [2.05, 4.69) is 20.1 Å². The molecule has 0 saturated heterocycles. The second-order valence-corrected chi connectivity index (χ2v) is 3.60. The van der Waals surface area contributed by atoms with E-state index in [9.17, 15) is 0 Å². The van der Waals surface area contributed by atoms with Crippen molar-refractivity contribution in [3.05, 3.63) is 30.5 Å². The zero-order valence-electron chi connectivity index (χ0n) is 9.61. The Morgan fingerprint density at radius 2 is 2.00 bits per heavy atom. The van der Waals surface area contributed by atoms with Crippen LogP contribution in [0.4, 0.5) is 5.95 Å². The van der Waals surface area contributed by atoms with Crippen LogP contribution in [0.1, 0.15) is 0 Å². The topological polar surface area (TPSA) is 91.7 Å². The van der Waals surface area contributed by atoms with Gasteiger partial charge in [-0.15, -0.1) is 0 Å². The zero-order valence-corrected chi connectivity index (χ0v) is 9.61. The molecule has 90 valence electrons. The fourth-order valence-corrected chi connectivity index (χ4v) is 1.68. The summed E-state index contributed by atoms with van der Waals surface area (Å²) in [6.07, 6.45) is 1.74. The van der Waals surface area contributed by atoms with E-state index < -0.39 is 0 Å². The lowest BCUT2D eigenvalue weighted by atomic mass is 10.3. The van der Waals surface area contributed by atoms with Crippen LogP contribution in [0, 0.1) is 0 Å². The summed E-state index contributed by atoms with van der Waals surface area (Å²) in [6.45, 7) is 0. The van der Waals surface area contributed by atoms with Gasteiger partial charge in [0.2, 0.25) is 5.95 Å². The fraction of sp³-hybridized carbons (Fsp3) is 0.0909. The monoisotopic (exact) mass is 242 g/mol. The molecule has 0 spiro atoms. The molecule has 0 aliphatic heterocycles. The second-order valence-electron chi connectivity index (χ2n) is 3.60. The van der Waals surface area contributed by atoms with Crippen molar-refractivity contribution in [3.63, 3.8) is 0 Å². The number of aromatic nitrogens is 5. The van der Waals surface area contributed by atoms with Crippen LogP contribution < -0.4 is 10.5 Å². The van der Waals surface area contributed by atoms with E-state index in [1.54, 1.807) is 10.9 Å². The first-order chi connectivity index (χ1) is 8.78. The van der Waals surface area contributed by atoms with Crippen molar-refractivity contribution < 1.29 is 4.74 Å². The molecule has 0 radical (unpaired) electrons. The minimum absolute atomic E-state index is 0.0939. The highest BCUT2D eigenvalue weighted by molar-refractivity contribution is 5.79. The van der Waals surface area contributed by atoms with Crippen molar-refractivity contribution in [2.75, 3.05) is 12.8 Å². The van der Waals surface area contributed by atoms with Crippen LogP contribution in [0.5, 0.6) is 6.01 Å². The summed E-state index contributed by atoms with van der Waals surface area (Å²) in [5.41, 5.74) is 6.50. The number of nitrogen functional groups attached to an aromatic ring is 1. The number of para-hydroxylation sites is 1. The Bertz CT molecular complexity index is 708. The third kappa shape index (κ3) is 1.61. The van der Waals surface area contributed by atoms with Crippen molar-refractivity contribution in [1.29, 1.82) is 0 Å². The van der Waals surface area contributed by atoms with Gasteiger partial charge >= 0.3 is 6.01 Å². The third-order valence-corrected chi connectivity index (χ3v) is 2.47. The SMILES string of the molecule is COc1nc(N)nc(-n2ncc3ccccc32)n1. The molecule has 3 rings (SSSR count). The zero-order chi connectivity index (χ0) is 12.5. The van der Waals surface area contributed by atoms with Gasteiger partial charge < -0.3 is 10.5 Å². The van der Waals surface area contributed by atoms with Gasteiger partial charge in [0.1, 0.15) is 0 Å². The van der Waals surface area contributed by atoms with Gasteiger partial charge in [0, 0.05) is 5.39 Å². The molecule has 0 amide bonds. The van der Waals surface area contributed by atoms with Crippen LogP contribution in [0.25, 0.3) is 16.9 Å². The molecule has 1 aromatic carbocycles. The van der Waals surface area contributed by atoms with Crippen molar-refractivity contribution in [1.82, 2.24) is 24.7 Å². The maximum atomic E-state index is 5.60. The maximum Gasteiger partial charge on any atom is 0.322 e. The largest absolute Gasteiger partial charge is 0.467 e. The highest BCUT2D eigenvalue weighted by atomic mass is 16.5. The number of methoxy groups -OCH3 is 1. The van der Waals surface area contributed by atoms with Crippen LogP contribution in [0.15, 0.2) is 30.5 Å². The van der Waals surface area contributed by atoms with E-state index in [-0.39, 0.29) is 12.0 Å². The summed E-state index contributed by atoms with van der Waals surface area (Å²) in [4.78, 5) is 12.0. The summed E-state index contributed by atoms with van der Waals surface area (Å²) < 4.78 is 6.56. The van der Waals surface area contributed by atoms with E-state index in [0.29, 0.717) is 5.95 Å². The molecule has 0 bridgehead atoms. The molecule has 7 heteroatoms. The highest BCUT2D eigenvalue weighted by Crippen LogP contribution is 2.16. The van der Waals surface area contributed by atoms with Crippen LogP contribution in [0.2, 0.25) is 0 Å². The first kappa shape index (κ1) is 10.5. The average molecular weight is 242 g/mol. The van der Waals surface area contributed by atoms with Gasteiger partial charge in [-0.2, -0.15) is 24.7 Å². The molecular formula is C11H10N6O. The second kappa shape index (κ2) is 3.95. The minimum atomic E-state index is 0.0939. The minimum Gasteiger partial charge on any atom is -0.467 e. The molecule has 0 atom stereocenters. The fourth-order valence-electron chi connectivity index (χ4n) is 1.68. The van der Waals surface area contributed by atoms with Gasteiger partial charge in [-0.25, -0.2) is 0 Å². The Balaban J connectivity index is 2.22. The maximum absolute atomic E-state index is 5.60. The van der Waals surface area contributed by atoms with E-state index in [1.165, 1.54) is 7.11 Å². The predicted molar refractivity (Wildman–Crippen MR) is 65.4 cm³/mol. The summed E-state index contributed by atoms with van der Waals surface area (Å²) in [5.74, 6) is 0.428. The Labute approximate surface area is 102 Å². The molecule has 0 aliphatic carbocycles. The Morgan fingerprint density at radius 3 is 2.83 bits per heavy atom. The molecular weight excluding hydrogens is 232 g/mol. The molecule has 0 unspecified atom stereocenters. The first-order valence-corrected chi connectivity index (χ1v) is 5.26. The number of ether oxygens (including phenoxy) is 1. The van der Waals surface area contributed by atoms with Crippen LogP contribution in [-0.4, -0.2) is 31.8 Å². The Hall–Kier alpha value is -2.70. The molecule has 0 aliphatic rings. The molecule has 3 aromatic rings. The number of benzene rings is 1. The first-order valence-electron chi connectivity index (χ1n) is 5.26. The van der Waals surface area contributed by atoms with Crippen LogP contribution in [-0.2, 0) is 0 Å². The lowest BCUT2D eigenvalue weighted by Crippen LogP contribution is -2.08. The van der Waals surface area contributed by atoms with Crippen LogP contribution in [0.3, 0.4) is 0 Å². The molecule has 7 nitrogen and oxygen atoms in total. The number of fused-ring (bicyclic) bond motifs is 1. The number of anilines is 1. The number of nitrogens with two attached hydrogens (primary N) is 1. The third-order valence-electron chi connectivity index (χ3n) is 2.47. The number of nitrogens with zero attached hydrogens (tertiary/aromatic N) is 5. The number of rotatable bonds is 2. The van der Waals surface area contributed by atoms with E-state index in [1.807, 2.05) is 24.3 Å². The summed E-state index contributed by atoms with van der Waals surface area (Å²) in [7, 11) is 1.47. The standard InChI is InChI=1S/C11H10N6O/c1-18-11-15-9(12)14-10(16-11)17-8-5-3-2-4-7(8)6-13-17/h2-6H,1H3,(H2,12,14,15,16). The normalized spacial score (nSPS) is 10.7. The quantitative estimate of drug-likeness (QED) is 0.714. The van der Waals surface area contributed by atoms with Gasteiger partial charge in [-0.3, -0.25) is 0 Å². The summed E-state index contributed by atoms with van der Waals surface area (Å²) >= 11 is 0. The molecule has 0 saturated carbocycles. The number of hydrogen-bond donors (Lipinski definition) is 1. The lowest BCUT2D eigenvalue weighted by molar-refractivity contribution is 0.378. The lowest BCUT2D eigenvalue weighted by Gasteiger charge is -2.04. The van der Waals surface area contributed by atoms with Crippen molar-refractivity contribution in [2.24, 2.45) is 0 Å². The molecule has 2 heterocycles. The summed E-state index contributed by atoms with van der Waals surface area (Å²) in [5, 5.41) is 5.23. The van der Waals surface area contributed by atoms with Crippen molar-refractivity contribution in [2.45, 2.75) is 0 Å². The van der Waals surface area contributed by atoms with E-state index in [0.717, 1.165) is 10.9 Å². The van der Waals surface area contributed by atoms with Gasteiger partial charge in [0.15, 0.2) is 0 Å². The number of hydrogen-bond acceptors (Lipinski definition) is 6. The van der Waals surface area contributed by atoms with Gasteiger partial charge in [0.25, 0.3) is 5.95 Å². The van der Waals surface area contributed by atoms with Gasteiger partial charge in [0.05, 0.1) is 18.8 Å². The van der Waals surface area contributed by atoms with Crippen LogP contribution >= 0.6 is 0 Å². The summed E-state index contributed by atoms with van der Waals surface area (Å²) in [6, 6.07) is 7.91. The van der Waals surface area contributed by atoms with Crippen molar-refractivity contribution in [3.8, 4) is 12.0 Å². The van der Waals surface area contributed by atoms with E-state index >= 15 is 0 Å². The Kier molecular flexibility index (Phi) is 2.30. The molecule has 2 aromatic heterocycles. The average Bonchev–Trinajstić information content (AvgIpc) is 2.81. The molecule has 2 N–H and O–H groups in total. The molecule has 18 heavy (non-hydrogen) atoms. The Morgan fingerprint density at radius 1 is 1.17 bits per heavy atom. The van der Waals surface area contributed by atoms with Gasteiger partial charge in [-0.05, 0) is 6.07 Å². The smallest absolute Gasteiger partial charge is 0.322 e. The van der Waals surface area contributed by atoms with Gasteiger partial charge in [-0.1, -0.05) is 18.2 Å². The van der Waals surface area contributed by atoms with E-state index in [4.69, 9.17) is 10.5 Å². The predicted octanol–water partition coefficient (Wildman–Crippen LogP) is 0.801.